The highest BCUT2D eigenvalue weighted by Gasteiger charge is 2.11. The van der Waals surface area contributed by atoms with Crippen molar-refractivity contribution in [3.05, 3.63) is 65.5 Å². The summed E-state index contributed by atoms with van der Waals surface area (Å²) in [7, 11) is 3.83. The summed E-state index contributed by atoms with van der Waals surface area (Å²) >= 11 is 0. The lowest BCUT2D eigenvalue weighted by molar-refractivity contribution is -0.125. The molecule has 0 atom stereocenters. The molecule has 0 bridgehead atoms. The van der Waals surface area contributed by atoms with Gasteiger partial charge in [-0.3, -0.25) is 4.79 Å². The molecule has 5 heteroatoms. The van der Waals surface area contributed by atoms with Crippen molar-refractivity contribution >= 4 is 28.7 Å². The van der Waals surface area contributed by atoms with Gasteiger partial charge in [-0.25, -0.2) is 4.98 Å². The van der Waals surface area contributed by atoms with Crippen molar-refractivity contribution in [2.24, 2.45) is 7.05 Å². The van der Waals surface area contributed by atoms with Crippen molar-refractivity contribution in [3.63, 3.8) is 0 Å². The molecule has 1 amide bonds. The van der Waals surface area contributed by atoms with Gasteiger partial charge in [0.25, 0.3) is 0 Å². The van der Waals surface area contributed by atoms with Gasteiger partial charge < -0.3 is 15.2 Å². The highest BCUT2D eigenvalue weighted by atomic mass is 16.2. The number of fused-ring (bicyclic) bond motifs is 1. The number of likely N-dealkylation sites (N-methyl/N-ethyl adjacent to an activating group) is 1. The number of hydrogen-bond acceptors (Lipinski definition) is 3. The molecule has 0 unspecified atom stereocenters. The van der Waals surface area contributed by atoms with Crippen LogP contribution in [0.25, 0.3) is 17.0 Å². The molecule has 1 aromatic carbocycles. The van der Waals surface area contributed by atoms with Gasteiger partial charge in [0.1, 0.15) is 5.82 Å². The summed E-state index contributed by atoms with van der Waals surface area (Å²) < 4.78 is 2.12. The lowest BCUT2D eigenvalue weighted by Gasteiger charge is -2.16. The van der Waals surface area contributed by atoms with Crippen molar-refractivity contribution in [3.8, 4) is 0 Å². The molecule has 2 heterocycles. The van der Waals surface area contributed by atoms with E-state index in [1.165, 1.54) is 5.39 Å². The second-order valence-electron chi connectivity index (χ2n) is 6.25. The maximum Gasteiger partial charge on any atom is 0.246 e. The maximum atomic E-state index is 12.4. The Morgan fingerprint density at radius 2 is 2.08 bits per heavy atom. The number of amides is 1. The number of benzene rings is 1. The third kappa shape index (κ3) is 3.55. The summed E-state index contributed by atoms with van der Waals surface area (Å²) in [4.78, 5) is 18.2. The summed E-state index contributed by atoms with van der Waals surface area (Å²) in [5.74, 6) is 0.426. The molecule has 128 valence electrons. The average Bonchev–Trinajstić information content (AvgIpc) is 2.90. The van der Waals surface area contributed by atoms with Gasteiger partial charge in [-0.1, -0.05) is 18.2 Å². The first-order valence-electron chi connectivity index (χ1n) is 8.14. The molecule has 0 saturated carbocycles. The fraction of sp³-hybridized carbons (Fsp3) is 0.200. The van der Waals surface area contributed by atoms with Crippen LogP contribution in [-0.4, -0.2) is 27.4 Å². The first-order chi connectivity index (χ1) is 12.0. The van der Waals surface area contributed by atoms with E-state index in [0.29, 0.717) is 12.4 Å². The zero-order valence-electron chi connectivity index (χ0n) is 14.7. The summed E-state index contributed by atoms with van der Waals surface area (Å²) in [6, 6.07) is 12.1. The van der Waals surface area contributed by atoms with Crippen LogP contribution in [0.2, 0.25) is 0 Å². The first-order valence-corrected chi connectivity index (χ1v) is 8.14. The predicted molar refractivity (Wildman–Crippen MR) is 102 cm³/mol. The third-order valence-electron chi connectivity index (χ3n) is 4.40. The predicted octanol–water partition coefficient (Wildman–Crippen LogP) is 3.14. The molecule has 3 aromatic rings. The van der Waals surface area contributed by atoms with Crippen LogP contribution in [0.5, 0.6) is 0 Å². The van der Waals surface area contributed by atoms with Gasteiger partial charge in [0.2, 0.25) is 5.91 Å². The highest BCUT2D eigenvalue weighted by Crippen LogP contribution is 2.19. The molecule has 0 radical (unpaired) electrons. The lowest BCUT2D eigenvalue weighted by Crippen LogP contribution is -2.25. The van der Waals surface area contributed by atoms with Crippen molar-refractivity contribution in [2.75, 3.05) is 12.8 Å². The Kier molecular flexibility index (Phi) is 4.57. The maximum absolute atomic E-state index is 12.4. The summed E-state index contributed by atoms with van der Waals surface area (Å²) in [6.45, 7) is 2.49. The van der Waals surface area contributed by atoms with Crippen molar-refractivity contribution in [1.29, 1.82) is 0 Å². The van der Waals surface area contributed by atoms with E-state index in [0.717, 1.165) is 22.3 Å². The summed E-state index contributed by atoms with van der Waals surface area (Å²) in [6.07, 6.45) is 5.03. The molecule has 0 spiro atoms. The molecule has 25 heavy (non-hydrogen) atoms. The second kappa shape index (κ2) is 6.81. The molecule has 0 aliphatic carbocycles. The number of nitrogens with two attached hydrogens (primary N) is 1. The van der Waals surface area contributed by atoms with Gasteiger partial charge in [0, 0.05) is 37.6 Å². The van der Waals surface area contributed by atoms with Crippen LogP contribution in [0.3, 0.4) is 0 Å². The average molecular weight is 334 g/mol. The third-order valence-corrected chi connectivity index (χ3v) is 4.40. The van der Waals surface area contributed by atoms with Crippen LogP contribution >= 0.6 is 0 Å². The van der Waals surface area contributed by atoms with Crippen molar-refractivity contribution in [2.45, 2.75) is 13.5 Å². The number of para-hydroxylation sites is 1. The zero-order chi connectivity index (χ0) is 18.0. The minimum absolute atomic E-state index is 0.0542. The topological polar surface area (TPSA) is 64.2 Å². The van der Waals surface area contributed by atoms with Crippen LogP contribution in [0.15, 0.2) is 48.7 Å². The standard InChI is InChI=1S/C20H22N4O/c1-14-10-19(21)22-12-16(14)8-9-20(25)23(2)13-17-11-15-6-4-5-7-18(15)24(17)3/h4-12H,13H2,1-3H3,(H2,21,22). The van der Waals surface area contributed by atoms with E-state index in [1.54, 1.807) is 36.4 Å². The van der Waals surface area contributed by atoms with E-state index >= 15 is 0 Å². The van der Waals surface area contributed by atoms with Crippen molar-refractivity contribution < 1.29 is 4.79 Å². The Bertz CT molecular complexity index is 955. The normalized spacial score (nSPS) is 11.3. The van der Waals surface area contributed by atoms with Gasteiger partial charge in [0.15, 0.2) is 0 Å². The van der Waals surface area contributed by atoms with E-state index in [-0.39, 0.29) is 5.91 Å². The van der Waals surface area contributed by atoms with E-state index in [4.69, 9.17) is 5.73 Å². The largest absolute Gasteiger partial charge is 0.384 e. The molecule has 0 fully saturated rings. The molecule has 2 aromatic heterocycles. The van der Waals surface area contributed by atoms with E-state index < -0.39 is 0 Å². The number of pyridine rings is 1. The number of hydrogen-bond donors (Lipinski definition) is 1. The van der Waals surface area contributed by atoms with Crippen LogP contribution in [0.4, 0.5) is 5.82 Å². The number of nitrogens with zero attached hydrogens (tertiary/aromatic N) is 3. The molecule has 2 N–H and O–H groups in total. The summed E-state index contributed by atoms with van der Waals surface area (Å²) in [5, 5.41) is 1.18. The van der Waals surface area contributed by atoms with Gasteiger partial charge in [-0.2, -0.15) is 0 Å². The molecular formula is C20H22N4O. The second-order valence-corrected chi connectivity index (χ2v) is 6.25. The smallest absolute Gasteiger partial charge is 0.246 e. The number of rotatable bonds is 4. The monoisotopic (exact) mass is 334 g/mol. The quantitative estimate of drug-likeness (QED) is 0.746. The first kappa shape index (κ1) is 16.8. The minimum atomic E-state index is -0.0542. The Labute approximate surface area is 147 Å². The molecule has 0 aliphatic heterocycles. The number of carbonyl (C=O) groups is 1. The number of aromatic nitrogens is 2. The number of anilines is 1. The van der Waals surface area contributed by atoms with Crippen LogP contribution in [0, 0.1) is 6.92 Å². The lowest BCUT2D eigenvalue weighted by atomic mass is 10.1. The van der Waals surface area contributed by atoms with Gasteiger partial charge in [-0.05, 0) is 47.7 Å². The zero-order valence-corrected chi connectivity index (χ0v) is 14.7. The molecule has 5 nitrogen and oxygen atoms in total. The summed E-state index contributed by atoms with van der Waals surface area (Å²) in [5.41, 5.74) is 9.79. The van der Waals surface area contributed by atoms with E-state index in [1.807, 2.05) is 26.1 Å². The SMILES string of the molecule is Cc1cc(N)ncc1C=CC(=O)N(C)Cc1cc2ccccc2n1C. The van der Waals surface area contributed by atoms with Crippen LogP contribution in [0.1, 0.15) is 16.8 Å². The van der Waals surface area contributed by atoms with Gasteiger partial charge in [-0.15, -0.1) is 0 Å². The van der Waals surface area contributed by atoms with Gasteiger partial charge in [0.05, 0.1) is 6.54 Å². The molecule has 0 aliphatic rings. The number of carbonyl (C=O) groups excluding carboxylic acids is 1. The Morgan fingerprint density at radius 3 is 2.80 bits per heavy atom. The molecule has 3 rings (SSSR count). The minimum Gasteiger partial charge on any atom is -0.384 e. The van der Waals surface area contributed by atoms with Crippen LogP contribution < -0.4 is 5.73 Å². The Balaban J connectivity index is 1.73. The van der Waals surface area contributed by atoms with E-state index in [2.05, 4.69) is 27.8 Å². The highest BCUT2D eigenvalue weighted by molar-refractivity contribution is 5.92. The molecule has 0 saturated heterocycles. The fourth-order valence-corrected chi connectivity index (χ4v) is 2.87. The van der Waals surface area contributed by atoms with Crippen molar-refractivity contribution in [1.82, 2.24) is 14.5 Å². The Hall–Kier alpha value is -3.08. The van der Waals surface area contributed by atoms with Gasteiger partial charge >= 0.3 is 0 Å². The molecular weight excluding hydrogens is 312 g/mol. The van der Waals surface area contributed by atoms with Crippen LogP contribution in [-0.2, 0) is 18.4 Å². The van der Waals surface area contributed by atoms with E-state index in [9.17, 15) is 4.79 Å². The Morgan fingerprint density at radius 1 is 1.32 bits per heavy atom. The fourth-order valence-electron chi connectivity index (χ4n) is 2.87. The number of aryl methyl sites for hydroxylation is 2. The number of nitrogen functional groups attached to an aromatic ring is 1.